The van der Waals surface area contributed by atoms with Crippen LogP contribution in [0.4, 0.5) is 5.69 Å². The molecular formula is C13H19ClN2. The molecule has 16 heavy (non-hydrogen) atoms. The average Bonchev–Trinajstić information content (AvgIpc) is 2.18. The fourth-order valence-electron chi connectivity index (χ4n) is 1.95. The van der Waals surface area contributed by atoms with Gasteiger partial charge in [-0.2, -0.15) is 0 Å². The monoisotopic (exact) mass is 238 g/mol. The third-order valence-corrected chi connectivity index (χ3v) is 3.59. The third kappa shape index (κ3) is 3.13. The van der Waals surface area contributed by atoms with E-state index in [-0.39, 0.29) is 0 Å². The van der Waals surface area contributed by atoms with Crippen LogP contribution in [-0.4, -0.2) is 31.1 Å². The molecule has 2 nitrogen and oxygen atoms in total. The second-order valence-electron chi connectivity index (χ2n) is 4.50. The highest BCUT2D eigenvalue weighted by atomic mass is 35.5. The normalized spacial score (nSPS) is 16.2. The summed E-state index contributed by atoms with van der Waals surface area (Å²) in [7, 11) is 2.22. The maximum absolute atomic E-state index is 5.83. The van der Waals surface area contributed by atoms with Crippen molar-refractivity contribution in [1.29, 1.82) is 0 Å². The van der Waals surface area contributed by atoms with Gasteiger partial charge in [0.1, 0.15) is 0 Å². The Morgan fingerprint density at radius 1 is 1.31 bits per heavy atom. The molecule has 0 aliphatic heterocycles. The van der Waals surface area contributed by atoms with Gasteiger partial charge in [-0.1, -0.05) is 18.0 Å². The molecule has 2 rings (SSSR count). The first kappa shape index (κ1) is 11.7. The van der Waals surface area contributed by atoms with Crippen molar-refractivity contribution in [2.45, 2.75) is 25.3 Å². The summed E-state index contributed by atoms with van der Waals surface area (Å²) in [5, 5.41) is 4.19. The standard InChI is InChI=1S/C13H19ClN2/c1-16(13-3-2-4-13)10-9-15-12-7-5-11(14)6-8-12/h5-8,13,15H,2-4,9-10H2,1H3. The molecule has 0 spiro atoms. The predicted molar refractivity (Wildman–Crippen MR) is 70.2 cm³/mol. The molecule has 88 valence electrons. The number of likely N-dealkylation sites (N-methyl/N-ethyl adjacent to an activating group) is 1. The number of halogens is 1. The quantitative estimate of drug-likeness (QED) is 0.847. The van der Waals surface area contributed by atoms with Gasteiger partial charge in [0.05, 0.1) is 0 Å². The van der Waals surface area contributed by atoms with Crippen LogP contribution >= 0.6 is 11.6 Å². The van der Waals surface area contributed by atoms with Crippen molar-refractivity contribution in [3.05, 3.63) is 29.3 Å². The fourth-order valence-corrected chi connectivity index (χ4v) is 2.08. The summed E-state index contributed by atoms with van der Waals surface area (Å²) in [5.74, 6) is 0. The van der Waals surface area contributed by atoms with Gasteiger partial charge in [0.15, 0.2) is 0 Å². The lowest BCUT2D eigenvalue weighted by Gasteiger charge is -2.34. The summed E-state index contributed by atoms with van der Waals surface area (Å²) in [6.07, 6.45) is 4.15. The van der Waals surface area contributed by atoms with Crippen LogP contribution in [0.1, 0.15) is 19.3 Å². The van der Waals surface area contributed by atoms with Crippen molar-refractivity contribution in [2.75, 3.05) is 25.5 Å². The molecule has 0 heterocycles. The van der Waals surface area contributed by atoms with Crippen LogP contribution < -0.4 is 5.32 Å². The zero-order valence-electron chi connectivity index (χ0n) is 9.75. The Hall–Kier alpha value is -0.730. The van der Waals surface area contributed by atoms with Gasteiger partial charge in [-0.3, -0.25) is 0 Å². The zero-order valence-corrected chi connectivity index (χ0v) is 10.5. The topological polar surface area (TPSA) is 15.3 Å². The first-order valence-corrected chi connectivity index (χ1v) is 6.33. The molecule has 1 aromatic rings. The minimum atomic E-state index is 0.789. The van der Waals surface area contributed by atoms with Gasteiger partial charge in [0.2, 0.25) is 0 Å². The van der Waals surface area contributed by atoms with Gasteiger partial charge in [-0.25, -0.2) is 0 Å². The number of hydrogen-bond donors (Lipinski definition) is 1. The second-order valence-corrected chi connectivity index (χ2v) is 4.94. The molecule has 0 aromatic heterocycles. The predicted octanol–water partition coefficient (Wildman–Crippen LogP) is 3.24. The molecule has 1 aliphatic rings. The van der Waals surface area contributed by atoms with Crippen LogP contribution in [0.2, 0.25) is 5.02 Å². The Labute approximate surface area is 103 Å². The van der Waals surface area contributed by atoms with E-state index in [4.69, 9.17) is 11.6 Å². The summed E-state index contributed by atoms with van der Waals surface area (Å²) < 4.78 is 0. The third-order valence-electron chi connectivity index (χ3n) is 3.34. The van der Waals surface area contributed by atoms with Gasteiger partial charge in [-0.15, -0.1) is 0 Å². The van der Waals surface area contributed by atoms with Gasteiger partial charge >= 0.3 is 0 Å². The number of rotatable bonds is 5. The van der Waals surface area contributed by atoms with Crippen LogP contribution in [-0.2, 0) is 0 Å². The summed E-state index contributed by atoms with van der Waals surface area (Å²) in [6, 6.07) is 8.70. The Morgan fingerprint density at radius 2 is 2.00 bits per heavy atom. The van der Waals surface area contributed by atoms with E-state index in [9.17, 15) is 0 Å². The Morgan fingerprint density at radius 3 is 2.56 bits per heavy atom. The molecule has 0 atom stereocenters. The van der Waals surface area contributed by atoms with Crippen molar-refractivity contribution >= 4 is 17.3 Å². The van der Waals surface area contributed by atoms with E-state index < -0.39 is 0 Å². The number of benzene rings is 1. The molecule has 1 aromatic carbocycles. The van der Waals surface area contributed by atoms with E-state index in [0.29, 0.717) is 0 Å². The lowest BCUT2D eigenvalue weighted by Crippen LogP contribution is -2.39. The summed E-state index contributed by atoms with van der Waals surface area (Å²) in [4.78, 5) is 2.45. The average molecular weight is 239 g/mol. The van der Waals surface area contributed by atoms with E-state index in [1.54, 1.807) is 0 Å². The SMILES string of the molecule is CN(CCNc1ccc(Cl)cc1)C1CCC1. The lowest BCUT2D eigenvalue weighted by atomic mass is 9.92. The van der Waals surface area contributed by atoms with Gasteiger partial charge < -0.3 is 10.2 Å². The largest absolute Gasteiger partial charge is 0.384 e. The maximum atomic E-state index is 5.83. The smallest absolute Gasteiger partial charge is 0.0407 e. The number of nitrogens with zero attached hydrogens (tertiary/aromatic N) is 1. The highest BCUT2D eigenvalue weighted by molar-refractivity contribution is 6.30. The molecule has 0 saturated heterocycles. The molecular weight excluding hydrogens is 220 g/mol. The van der Waals surface area contributed by atoms with Crippen molar-refractivity contribution in [1.82, 2.24) is 4.90 Å². The first-order valence-electron chi connectivity index (χ1n) is 5.95. The Bertz CT molecular complexity index is 319. The summed E-state index contributed by atoms with van der Waals surface area (Å²) in [5.41, 5.74) is 1.14. The summed E-state index contributed by atoms with van der Waals surface area (Å²) in [6.45, 7) is 2.10. The molecule has 0 bridgehead atoms. The molecule has 0 unspecified atom stereocenters. The van der Waals surface area contributed by atoms with Crippen LogP contribution in [0, 0.1) is 0 Å². The van der Waals surface area contributed by atoms with Crippen molar-refractivity contribution < 1.29 is 0 Å². The number of anilines is 1. The van der Waals surface area contributed by atoms with Crippen LogP contribution in [0.5, 0.6) is 0 Å². The van der Waals surface area contributed by atoms with Crippen LogP contribution in [0.15, 0.2) is 24.3 Å². The van der Waals surface area contributed by atoms with E-state index in [1.807, 2.05) is 24.3 Å². The lowest BCUT2D eigenvalue weighted by molar-refractivity contribution is 0.165. The van der Waals surface area contributed by atoms with E-state index in [1.165, 1.54) is 19.3 Å². The molecule has 1 N–H and O–H groups in total. The van der Waals surface area contributed by atoms with E-state index in [0.717, 1.165) is 29.8 Å². The zero-order chi connectivity index (χ0) is 11.4. The fraction of sp³-hybridized carbons (Fsp3) is 0.538. The first-order chi connectivity index (χ1) is 7.75. The van der Waals surface area contributed by atoms with Crippen LogP contribution in [0.3, 0.4) is 0 Å². The Balaban J connectivity index is 1.69. The highest BCUT2D eigenvalue weighted by Gasteiger charge is 2.20. The van der Waals surface area contributed by atoms with Gasteiger partial charge in [0, 0.05) is 29.8 Å². The number of hydrogen-bond acceptors (Lipinski definition) is 2. The minimum absolute atomic E-state index is 0.789. The maximum Gasteiger partial charge on any atom is 0.0407 e. The molecule has 3 heteroatoms. The van der Waals surface area contributed by atoms with E-state index >= 15 is 0 Å². The molecule has 1 saturated carbocycles. The second kappa shape index (κ2) is 5.55. The molecule has 0 amide bonds. The summed E-state index contributed by atoms with van der Waals surface area (Å²) >= 11 is 5.83. The minimum Gasteiger partial charge on any atom is -0.384 e. The molecule has 0 radical (unpaired) electrons. The van der Waals surface area contributed by atoms with Crippen LogP contribution in [0.25, 0.3) is 0 Å². The Kier molecular flexibility index (Phi) is 4.08. The molecule has 1 fully saturated rings. The van der Waals surface area contributed by atoms with Crippen molar-refractivity contribution in [3.63, 3.8) is 0 Å². The van der Waals surface area contributed by atoms with Gasteiger partial charge in [0.25, 0.3) is 0 Å². The number of nitrogens with one attached hydrogen (secondary N) is 1. The highest BCUT2D eigenvalue weighted by Crippen LogP contribution is 2.23. The molecule has 1 aliphatic carbocycles. The van der Waals surface area contributed by atoms with E-state index in [2.05, 4.69) is 17.3 Å². The van der Waals surface area contributed by atoms with Gasteiger partial charge in [-0.05, 0) is 44.2 Å². The van der Waals surface area contributed by atoms with Crippen molar-refractivity contribution in [2.24, 2.45) is 0 Å². The van der Waals surface area contributed by atoms with Crippen molar-refractivity contribution in [3.8, 4) is 0 Å².